The van der Waals surface area contributed by atoms with E-state index in [1.54, 1.807) is 35.8 Å². The number of likely N-dealkylation sites (tertiary alicyclic amines) is 1. The summed E-state index contributed by atoms with van der Waals surface area (Å²) in [4.78, 5) is 77.5. The molecule has 10 rings (SSSR count). The average molecular weight is 974 g/mol. The minimum atomic E-state index is -0.758. The van der Waals surface area contributed by atoms with Crippen LogP contribution in [0.1, 0.15) is 78.3 Å². The second-order valence-corrected chi connectivity index (χ2v) is 19.5. The summed E-state index contributed by atoms with van der Waals surface area (Å²) in [7, 11) is 5.14. The van der Waals surface area contributed by atoms with Crippen molar-refractivity contribution in [1.82, 2.24) is 48.2 Å². The van der Waals surface area contributed by atoms with E-state index >= 15 is 8.78 Å². The number of nitrogens with zero attached hydrogens (tertiary/aromatic N) is 9. The van der Waals surface area contributed by atoms with Crippen molar-refractivity contribution < 1.29 is 27.6 Å². The quantitative estimate of drug-likeness (QED) is 0.163. The van der Waals surface area contributed by atoms with Crippen LogP contribution in [0.25, 0.3) is 33.3 Å². The van der Waals surface area contributed by atoms with Crippen molar-refractivity contribution in [2.24, 2.45) is 20.0 Å². The number of carbonyl (C=O) groups excluding carboxylic acids is 3. The van der Waals surface area contributed by atoms with Crippen LogP contribution in [0.4, 0.5) is 18.9 Å². The number of pyridine rings is 2. The minimum Gasteiger partial charge on any atom is -0.386 e. The number of aromatic nitrogens is 5. The molecule has 3 saturated heterocycles. The molecular weight excluding hydrogens is 916 g/mol. The van der Waals surface area contributed by atoms with Gasteiger partial charge < -0.3 is 19.7 Å². The van der Waals surface area contributed by atoms with Crippen LogP contribution in [-0.2, 0) is 30.2 Å². The van der Waals surface area contributed by atoms with Gasteiger partial charge in [0.05, 0.1) is 28.6 Å². The zero-order valence-corrected chi connectivity index (χ0v) is 40.4. The Morgan fingerprint density at radius 2 is 1.56 bits per heavy atom. The second kappa shape index (κ2) is 19.4. The topological polar surface area (TPSA) is 155 Å². The van der Waals surface area contributed by atoms with Crippen molar-refractivity contribution in [3.05, 3.63) is 128 Å². The fourth-order valence-electron chi connectivity index (χ4n) is 11.2. The lowest BCUT2D eigenvalue weighted by atomic mass is 9.94. The number of hydrogen-bond donors (Lipinski definition) is 2. The van der Waals surface area contributed by atoms with Crippen molar-refractivity contribution in [2.45, 2.75) is 57.7 Å². The normalized spacial score (nSPS) is 19.4. The predicted octanol–water partition coefficient (Wildman–Crippen LogP) is 5.33. The number of imidazole rings is 1. The summed E-state index contributed by atoms with van der Waals surface area (Å²) in [6.45, 7) is 9.19. The van der Waals surface area contributed by atoms with Gasteiger partial charge in [0, 0.05) is 134 Å². The molecule has 0 saturated carbocycles. The molecule has 3 amide bonds. The Morgan fingerprint density at radius 3 is 2.25 bits per heavy atom. The largest absolute Gasteiger partial charge is 0.386 e. The van der Waals surface area contributed by atoms with Gasteiger partial charge >= 0.3 is 5.69 Å². The van der Waals surface area contributed by atoms with Crippen LogP contribution in [0.5, 0.6) is 0 Å². The fraction of sp³-hybridized carbons (Fsp3) is 0.423. The zero-order chi connectivity index (χ0) is 49.8. The maximum atomic E-state index is 15.9. The number of carbonyl (C=O) groups is 3. The third kappa shape index (κ3) is 9.10. The van der Waals surface area contributed by atoms with Gasteiger partial charge in [0.1, 0.15) is 23.3 Å². The highest BCUT2D eigenvalue weighted by Gasteiger charge is 2.33. The van der Waals surface area contributed by atoms with Crippen molar-refractivity contribution in [3.63, 3.8) is 0 Å². The Kier molecular flexibility index (Phi) is 13.1. The number of piperazine rings is 1. The summed E-state index contributed by atoms with van der Waals surface area (Å²) >= 11 is 0. The molecular formula is C52H58F3N11O5. The van der Waals surface area contributed by atoms with E-state index in [4.69, 9.17) is 0 Å². The number of nitrogens with one attached hydrogen (secondary N) is 2. The molecule has 3 fully saturated rings. The smallest absolute Gasteiger partial charge is 0.329 e. The lowest BCUT2D eigenvalue weighted by Crippen LogP contribution is -2.48. The molecule has 0 unspecified atom stereocenters. The lowest BCUT2D eigenvalue weighted by Gasteiger charge is -2.39. The number of aryl methyl sites for hydroxylation is 2. The maximum absolute atomic E-state index is 15.9. The fourth-order valence-corrected chi connectivity index (χ4v) is 11.2. The number of fused-ring (bicyclic) bond motifs is 2. The highest BCUT2D eigenvalue weighted by Crippen LogP contribution is 2.35. The van der Waals surface area contributed by atoms with E-state index in [0.29, 0.717) is 66.3 Å². The van der Waals surface area contributed by atoms with Crippen LogP contribution < -0.4 is 21.9 Å². The predicted molar refractivity (Wildman–Crippen MR) is 264 cm³/mol. The molecule has 0 spiro atoms. The van der Waals surface area contributed by atoms with E-state index in [9.17, 15) is 28.4 Å². The highest BCUT2D eigenvalue weighted by molar-refractivity contribution is 6.00. The first-order valence-electron chi connectivity index (χ1n) is 24.4. The first kappa shape index (κ1) is 47.8. The maximum Gasteiger partial charge on any atom is 0.329 e. The summed E-state index contributed by atoms with van der Waals surface area (Å²) < 4.78 is 52.8. The van der Waals surface area contributed by atoms with E-state index in [0.717, 1.165) is 68.9 Å². The third-order valence-electron chi connectivity index (χ3n) is 15.3. The first-order valence-corrected chi connectivity index (χ1v) is 24.4. The average Bonchev–Trinajstić information content (AvgIpc) is 3.83. The molecule has 71 heavy (non-hydrogen) atoms. The SMILES string of the molecule is CNc1cc(=O)n(-c2ccnc3c2cc([C@H](C)N2CC=C(c4c(F)cc(C(=O)N5CCC(CN6CCN(Cc7ccc8c(c7)n(C)c(=O)n8[C@@H]7CCC(=O)NC7=O)CC6)CC5)cc4F)CC2)n3C)cc1F. The van der Waals surface area contributed by atoms with Crippen LogP contribution in [0.3, 0.4) is 0 Å². The summed E-state index contributed by atoms with van der Waals surface area (Å²) in [5, 5.41) is 5.73. The molecule has 2 atom stereocenters. The van der Waals surface area contributed by atoms with Gasteiger partial charge in [0.15, 0.2) is 5.82 Å². The molecule has 0 radical (unpaired) electrons. The van der Waals surface area contributed by atoms with Crippen LogP contribution in [-0.4, -0.2) is 127 Å². The van der Waals surface area contributed by atoms with Gasteiger partial charge in [-0.2, -0.15) is 0 Å². The van der Waals surface area contributed by atoms with Crippen molar-refractivity contribution in [1.29, 1.82) is 0 Å². The van der Waals surface area contributed by atoms with Crippen LogP contribution in [0.2, 0.25) is 0 Å². The zero-order valence-electron chi connectivity index (χ0n) is 40.4. The number of benzene rings is 2. The van der Waals surface area contributed by atoms with Gasteiger partial charge in [-0.25, -0.2) is 22.9 Å². The van der Waals surface area contributed by atoms with Gasteiger partial charge in [-0.1, -0.05) is 12.1 Å². The first-order chi connectivity index (χ1) is 34.2. The van der Waals surface area contributed by atoms with Gasteiger partial charge in [0.2, 0.25) is 11.8 Å². The van der Waals surface area contributed by atoms with Crippen molar-refractivity contribution >= 4 is 51.0 Å². The number of halogens is 3. The summed E-state index contributed by atoms with van der Waals surface area (Å²) in [5.74, 6) is -2.83. The van der Waals surface area contributed by atoms with E-state index in [2.05, 4.69) is 30.3 Å². The summed E-state index contributed by atoms with van der Waals surface area (Å²) in [6, 6.07) is 12.2. The molecule has 0 bridgehead atoms. The summed E-state index contributed by atoms with van der Waals surface area (Å²) in [5.41, 5.74) is 4.39. The number of piperidine rings is 2. The van der Waals surface area contributed by atoms with E-state index in [1.165, 1.54) is 33.5 Å². The number of anilines is 1. The van der Waals surface area contributed by atoms with Crippen LogP contribution >= 0.6 is 0 Å². The van der Waals surface area contributed by atoms with E-state index in [-0.39, 0.29) is 53.2 Å². The van der Waals surface area contributed by atoms with Gasteiger partial charge in [0.25, 0.3) is 11.5 Å². The van der Waals surface area contributed by atoms with Crippen molar-refractivity contribution in [3.8, 4) is 5.69 Å². The molecule has 6 aromatic rings. The molecule has 0 aliphatic carbocycles. The molecule has 4 aromatic heterocycles. The number of imide groups is 1. The Hall–Kier alpha value is -6.83. The Balaban J connectivity index is 0.713. The monoisotopic (exact) mass is 973 g/mol. The Bertz CT molecular complexity index is 3230. The van der Waals surface area contributed by atoms with E-state index < -0.39 is 35.0 Å². The lowest BCUT2D eigenvalue weighted by molar-refractivity contribution is -0.135. The molecule has 2 aromatic carbocycles. The summed E-state index contributed by atoms with van der Waals surface area (Å²) in [6.07, 6.45) is 7.06. The van der Waals surface area contributed by atoms with Gasteiger partial charge in [-0.3, -0.25) is 48.0 Å². The molecule has 19 heteroatoms. The molecule has 4 aliphatic rings. The molecule has 372 valence electrons. The Morgan fingerprint density at radius 1 is 0.831 bits per heavy atom. The molecule has 4 aliphatic heterocycles. The minimum absolute atomic E-state index is 0.00460. The molecule has 16 nitrogen and oxygen atoms in total. The van der Waals surface area contributed by atoms with Crippen LogP contribution in [0.15, 0.2) is 76.6 Å². The second-order valence-electron chi connectivity index (χ2n) is 19.5. The molecule has 2 N–H and O–H groups in total. The number of amides is 3. The number of hydrogen-bond acceptors (Lipinski definition) is 10. The third-order valence-corrected chi connectivity index (χ3v) is 15.3. The van der Waals surface area contributed by atoms with Gasteiger partial charge in [-0.15, -0.1) is 0 Å². The van der Waals surface area contributed by atoms with Crippen molar-refractivity contribution in [2.75, 3.05) is 71.3 Å². The van der Waals surface area contributed by atoms with Crippen LogP contribution in [0, 0.1) is 23.4 Å². The standard InChI is InChI=1S/C52H58F3N11O5/c1-31(44-26-36-41(9-14-57-49(36)59(44)3)65-30-39(55)40(56-2)27-47(65)68)63-17-12-34(13-18-63)48-37(53)24-35(25-38(48)54)51(70)64-15-10-32(11-16-64)28-61-19-21-62(22-20-61)29-33-5-6-42-45(23-33)60(4)52(71)66(42)43-7-8-46(67)58-50(43)69/h5-6,9,12,14,23-27,30-32,43,56H,7-8,10-11,13,15-22,28-29H2,1-4H3,(H,58,67,69)/t31-,43+/m0/s1. The van der Waals surface area contributed by atoms with E-state index in [1.807, 2.05) is 48.9 Å². The highest BCUT2D eigenvalue weighted by atomic mass is 19.1. The number of rotatable bonds is 11. The molecule has 8 heterocycles. The Labute approximate surface area is 407 Å². The van der Waals surface area contributed by atoms with Gasteiger partial charge in [-0.05, 0) is 86.1 Å².